The fourth-order valence-electron chi connectivity index (χ4n) is 3.56. The van der Waals surface area contributed by atoms with Crippen LogP contribution in [0, 0.1) is 5.92 Å². The van der Waals surface area contributed by atoms with Crippen LogP contribution in [-0.4, -0.2) is 42.9 Å². The summed E-state index contributed by atoms with van der Waals surface area (Å²) >= 11 is 6.06. The molecule has 0 saturated carbocycles. The van der Waals surface area contributed by atoms with E-state index in [1.165, 1.54) is 5.56 Å². The predicted octanol–water partition coefficient (Wildman–Crippen LogP) is 3.03. The Morgan fingerprint density at radius 2 is 1.59 bits per heavy atom. The molecule has 5 nitrogen and oxygen atoms in total. The van der Waals surface area contributed by atoms with Crippen LogP contribution >= 0.6 is 11.6 Å². The fourth-order valence-corrected chi connectivity index (χ4v) is 3.76. The van der Waals surface area contributed by atoms with Crippen LogP contribution in [0.25, 0.3) is 0 Å². The molecule has 1 saturated heterocycles. The second kappa shape index (κ2) is 11.0. The van der Waals surface area contributed by atoms with E-state index in [0.29, 0.717) is 17.5 Å². The number of nitrogens with zero attached hydrogens (tertiary/aromatic N) is 1. The zero-order valence-electron chi connectivity index (χ0n) is 16.6. The zero-order chi connectivity index (χ0) is 20.5. The normalized spacial score (nSPS) is 15.1. The first-order valence-corrected chi connectivity index (χ1v) is 10.6. The Bertz CT molecular complexity index is 805. The molecule has 2 N–H and O–H groups in total. The lowest BCUT2D eigenvalue weighted by atomic mass is 9.96. The number of benzene rings is 2. The number of carbonyl (C=O) groups excluding carboxylic acids is 2. The van der Waals surface area contributed by atoms with Gasteiger partial charge < -0.3 is 15.5 Å². The SMILES string of the molecule is O=C(NCc1ccccc1Cl)C(=O)NCC1CCN(CCc2ccccc2)CC1. The van der Waals surface area contributed by atoms with Crippen molar-refractivity contribution >= 4 is 23.4 Å². The van der Waals surface area contributed by atoms with Crippen LogP contribution in [0.5, 0.6) is 0 Å². The summed E-state index contributed by atoms with van der Waals surface area (Å²) in [5.74, 6) is -0.780. The maximum atomic E-state index is 12.0. The Morgan fingerprint density at radius 1 is 0.931 bits per heavy atom. The van der Waals surface area contributed by atoms with E-state index < -0.39 is 11.8 Å². The highest BCUT2D eigenvalue weighted by atomic mass is 35.5. The lowest BCUT2D eigenvalue weighted by Crippen LogP contribution is -2.43. The minimum absolute atomic E-state index is 0.242. The highest BCUT2D eigenvalue weighted by Gasteiger charge is 2.21. The number of halogens is 1. The molecule has 1 aliphatic heterocycles. The van der Waals surface area contributed by atoms with Crippen LogP contribution in [0.15, 0.2) is 54.6 Å². The molecule has 1 aliphatic rings. The molecular weight excluding hydrogens is 386 g/mol. The molecule has 29 heavy (non-hydrogen) atoms. The monoisotopic (exact) mass is 413 g/mol. The van der Waals surface area contributed by atoms with E-state index in [2.05, 4.69) is 39.8 Å². The first-order chi connectivity index (χ1) is 14.1. The smallest absolute Gasteiger partial charge is 0.309 e. The number of carbonyl (C=O) groups is 2. The van der Waals surface area contributed by atoms with Crippen molar-refractivity contribution in [3.63, 3.8) is 0 Å². The third-order valence-corrected chi connectivity index (χ3v) is 5.79. The van der Waals surface area contributed by atoms with E-state index >= 15 is 0 Å². The van der Waals surface area contributed by atoms with E-state index in [1.54, 1.807) is 6.07 Å². The summed E-state index contributed by atoms with van der Waals surface area (Å²) in [4.78, 5) is 26.5. The van der Waals surface area contributed by atoms with Crippen molar-refractivity contribution in [3.05, 3.63) is 70.7 Å². The summed E-state index contributed by atoms with van der Waals surface area (Å²) in [5, 5.41) is 5.97. The van der Waals surface area contributed by atoms with Crippen molar-refractivity contribution in [1.29, 1.82) is 0 Å². The Hall–Kier alpha value is -2.37. The average molecular weight is 414 g/mol. The van der Waals surface area contributed by atoms with Gasteiger partial charge in [0.2, 0.25) is 0 Å². The molecule has 0 unspecified atom stereocenters. The standard InChI is InChI=1S/C23H28ClN3O2/c24-21-9-5-4-8-20(21)17-26-23(29)22(28)25-16-19-11-14-27(15-12-19)13-10-18-6-2-1-3-7-18/h1-9,19H,10-17H2,(H,25,28)(H,26,29). The van der Waals surface area contributed by atoms with Crippen molar-refractivity contribution in [2.75, 3.05) is 26.2 Å². The largest absolute Gasteiger partial charge is 0.348 e. The van der Waals surface area contributed by atoms with Crippen LogP contribution in [0.2, 0.25) is 5.02 Å². The van der Waals surface area contributed by atoms with Gasteiger partial charge in [0.1, 0.15) is 0 Å². The van der Waals surface area contributed by atoms with Gasteiger partial charge in [-0.3, -0.25) is 9.59 Å². The van der Waals surface area contributed by atoms with Gasteiger partial charge in [0.05, 0.1) is 0 Å². The van der Waals surface area contributed by atoms with Crippen molar-refractivity contribution < 1.29 is 9.59 Å². The van der Waals surface area contributed by atoms with Crippen LogP contribution in [0.4, 0.5) is 0 Å². The topological polar surface area (TPSA) is 61.4 Å². The lowest BCUT2D eigenvalue weighted by Gasteiger charge is -2.32. The van der Waals surface area contributed by atoms with Gasteiger partial charge in [-0.1, -0.05) is 60.1 Å². The van der Waals surface area contributed by atoms with Gasteiger partial charge in [-0.2, -0.15) is 0 Å². The molecule has 0 radical (unpaired) electrons. The average Bonchev–Trinajstić information content (AvgIpc) is 2.76. The van der Waals surface area contributed by atoms with Crippen LogP contribution in [0.1, 0.15) is 24.0 Å². The summed E-state index contributed by atoms with van der Waals surface area (Å²) in [7, 11) is 0. The molecule has 0 aromatic heterocycles. The quantitative estimate of drug-likeness (QED) is 0.686. The van der Waals surface area contributed by atoms with Gasteiger partial charge in [0, 0.05) is 24.7 Å². The molecule has 2 aromatic carbocycles. The molecule has 0 bridgehead atoms. The van der Waals surface area contributed by atoms with E-state index in [-0.39, 0.29) is 6.54 Å². The van der Waals surface area contributed by atoms with Crippen molar-refractivity contribution in [2.24, 2.45) is 5.92 Å². The van der Waals surface area contributed by atoms with E-state index in [9.17, 15) is 9.59 Å². The summed E-state index contributed by atoms with van der Waals surface area (Å²) < 4.78 is 0. The fraction of sp³-hybridized carbons (Fsp3) is 0.391. The van der Waals surface area contributed by atoms with Gasteiger partial charge >= 0.3 is 11.8 Å². The van der Waals surface area contributed by atoms with Gasteiger partial charge in [0.15, 0.2) is 0 Å². The van der Waals surface area contributed by atoms with Gasteiger partial charge in [-0.05, 0) is 55.5 Å². The molecule has 154 valence electrons. The summed E-state index contributed by atoms with van der Waals surface area (Å²) in [6.07, 6.45) is 3.14. The first-order valence-electron chi connectivity index (χ1n) is 10.2. The molecular formula is C23H28ClN3O2. The Balaban J connectivity index is 1.31. The third kappa shape index (κ3) is 6.87. The zero-order valence-corrected chi connectivity index (χ0v) is 17.3. The summed E-state index contributed by atoms with van der Waals surface area (Å²) in [6, 6.07) is 17.8. The number of amides is 2. The molecule has 2 amide bonds. The molecule has 0 aliphatic carbocycles. The Morgan fingerprint density at radius 3 is 2.31 bits per heavy atom. The second-order valence-corrected chi connectivity index (χ2v) is 7.91. The highest BCUT2D eigenvalue weighted by molar-refractivity contribution is 6.35. The van der Waals surface area contributed by atoms with E-state index in [4.69, 9.17) is 11.6 Å². The van der Waals surface area contributed by atoms with Crippen LogP contribution in [-0.2, 0) is 22.6 Å². The maximum Gasteiger partial charge on any atom is 0.309 e. The van der Waals surface area contributed by atoms with E-state index in [1.807, 2.05) is 24.3 Å². The minimum atomic E-state index is -0.620. The van der Waals surface area contributed by atoms with E-state index in [0.717, 1.165) is 44.5 Å². The minimum Gasteiger partial charge on any atom is -0.348 e. The second-order valence-electron chi connectivity index (χ2n) is 7.50. The number of nitrogens with one attached hydrogen (secondary N) is 2. The first kappa shape index (κ1) is 21.3. The molecule has 1 fully saturated rings. The van der Waals surface area contributed by atoms with Crippen molar-refractivity contribution in [2.45, 2.75) is 25.8 Å². The highest BCUT2D eigenvalue weighted by Crippen LogP contribution is 2.17. The number of hydrogen-bond acceptors (Lipinski definition) is 3. The van der Waals surface area contributed by atoms with Gasteiger partial charge in [0.25, 0.3) is 0 Å². The maximum absolute atomic E-state index is 12.0. The van der Waals surface area contributed by atoms with Gasteiger partial charge in [-0.25, -0.2) is 0 Å². The summed E-state index contributed by atoms with van der Waals surface area (Å²) in [5.41, 5.74) is 2.16. The van der Waals surface area contributed by atoms with Crippen LogP contribution in [0.3, 0.4) is 0 Å². The number of rotatable bonds is 7. The Labute approximate surface area is 177 Å². The van der Waals surface area contributed by atoms with Crippen LogP contribution < -0.4 is 10.6 Å². The van der Waals surface area contributed by atoms with Crippen molar-refractivity contribution in [1.82, 2.24) is 15.5 Å². The third-order valence-electron chi connectivity index (χ3n) is 5.42. The molecule has 0 spiro atoms. The number of piperidine rings is 1. The summed E-state index contributed by atoms with van der Waals surface area (Å²) in [6.45, 7) is 3.92. The molecule has 6 heteroatoms. The Kier molecular flexibility index (Phi) is 8.08. The molecule has 0 atom stereocenters. The molecule has 2 aromatic rings. The number of likely N-dealkylation sites (tertiary alicyclic amines) is 1. The predicted molar refractivity (Wildman–Crippen MR) is 116 cm³/mol. The van der Waals surface area contributed by atoms with Gasteiger partial charge in [-0.15, -0.1) is 0 Å². The van der Waals surface area contributed by atoms with Crippen molar-refractivity contribution in [3.8, 4) is 0 Å². The number of hydrogen-bond donors (Lipinski definition) is 2. The molecule has 3 rings (SSSR count). The molecule has 1 heterocycles. The lowest BCUT2D eigenvalue weighted by molar-refractivity contribution is -0.139.